The molecule has 1 N–H and O–H groups in total. The Bertz CT molecular complexity index is 188. The van der Waals surface area contributed by atoms with E-state index in [4.69, 9.17) is 11.6 Å². The third-order valence-corrected chi connectivity index (χ3v) is 2.03. The molecule has 0 radical (unpaired) electrons. The number of nitrogens with zero attached hydrogens (tertiary/aromatic N) is 1. The monoisotopic (exact) mass is 176 g/mol. The third-order valence-electron chi connectivity index (χ3n) is 1.15. The molecule has 0 saturated heterocycles. The van der Waals surface area contributed by atoms with Gasteiger partial charge in [0.25, 0.3) is 0 Å². The van der Waals surface area contributed by atoms with E-state index in [2.05, 4.69) is 10.3 Å². The van der Waals surface area contributed by atoms with Gasteiger partial charge in [0.05, 0.1) is 0 Å². The van der Waals surface area contributed by atoms with Crippen molar-refractivity contribution in [2.75, 3.05) is 6.26 Å². The average Bonchev–Trinajstić information content (AvgIpc) is 1.85. The standard InChI is InChI=1S/C6H9ClN2S/c1-4-3-5(7)9-6(8-4)10-2/h3,6,8H,1-2H3. The molecule has 2 nitrogen and oxygen atoms in total. The summed E-state index contributed by atoms with van der Waals surface area (Å²) >= 11 is 7.33. The number of hydrogen-bond acceptors (Lipinski definition) is 3. The molecule has 0 saturated carbocycles. The maximum Gasteiger partial charge on any atom is 0.167 e. The van der Waals surface area contributed by atoms with E-state index in [0.717, 1.165) is 5.70 Å². The Morgan fingerprint density at radius 3 is 3.00 bits per heavy atom. The SMILES string of the molecule is CSC1N=C(Cl)C=C(C)N1. The number of aliphatic imine (C=N–C) groups is 1. The molecule has 1 atom stereocenters. The van der Waals surface area contributed by atoms with Crippen LogP contribution < -0.4 is 5.32 Å². The lowest BCUT2D eigenvalue weighted by atomic mass is 10.4. The number of allylic oxidation sites excluding steroid dienone is 2. The highest BCUT2D eigenvalue weighted by atomic mass is 35.5. The molecule has 0 aromatic rings. The molecule has 1 rings (SSSR count). The summed E-state index contributed by atoms with van der Waals surface area (Å²) in [7, 11) is 0. The zero-order valence-electron chi connectivity index (χ0n) is 5.89. The quantitative estimate of drug-likeness (QED) is 0.659. The molecule has 0 aromatic carbocycles. The lowest BCUT2D eigenvalue weighted by Gasteiger charge is -2.17. The molecule has 0 aromatic heterocycles. The summed E-state index contributed by atoms with van der Waals surface area (Å²) in [6.45, 7) is 1.97. The van der Waals surface area contributed by atoms with Crippen molar-refractivity contribution in [1.82, 2.24) is 5.32 Å². The number of thioether (sulfide) groups is 1. The molecular formula is C6H9ClN2S. The minimum Gasteiger partial charge on any atom is -0.359 e. The van der Waals surface area contributed by atoms with Crippen LogP contribution in [0.25, 0.3) is 0 Å². The molecule has 1 aliphatic heterocycles. The van der Waals surface area contributed by atoms with Gasteiger partial charge in [-0.1, -0.05) is 11.6 Å². The van der Waals surface area contributed by atoms with E-state index < -0.39 is 0 Å². The van der Waals surface area contributed by atoms with Gasteiger partial charge in [-0.15, -0.1) is 11.8 Å². The summed E-state index contributed by atoms with van der Waals surface area (Å²) in [4.78, 5) is 4.11. The van der Waals surface area contributed by atoms with Crippen molar-refractivity contribution in [2.45, 2.75) is 12.4 Å². The predicted molar refractivity (Wildman–Crippen MR) is 47.5 cm³/mol. The first-order valence-electron chi connectivity index (χ1n) is 2.93. The minimum absolute atomic E-state index is 0.0949. The van der Waals surface area contributed by atoms with Gasteiger partial charge >= 0.3 is 0 Å². The second kappa shape index (κ2) is 3.30. The van der Waals surface area contributed by atoms with Gasteiger partial charge in [0.1, 0.15) is 5.17 Å². The lowest BCUT2D eigenvalue weighted by molar-refractivity contribution is 0.768. The Hall–Kier alpha value is -0.150. The summed E-state index contributed by atoms with van der Waals surface area (Å²) in [5, 5.41) is 3.73. The molecule has 56 valence electrons. The number of rotatable bonds is 1. The maximum atomic E-state index is 5.71. The maximum absolute atomic E-state index is 5.71. The summed E-state index contributed by atoms with van der Waals surface area (Å²) in [6, 6.07) is 0. The van der Waals surface area contributed by atoms with Crippen molar-refractivity contribution in [3.05, 3.63) is 11.8 Å². The lowest BCUT2D eigenvalue weighted by Crippen LogP contribution is -2.26. The fourth-order valence-corrected chi connectivity index (χ4v) is 1.55. The van der Waals surface area contributed by atoms with E-state index in [1.54, 1.807) is 11.8 Å². The van der Waals surface area contributed by atoms with Crippen LogP contribution in [0.4, 0.5) is 0 Å². The molecule has 0 spiro atoms. The Morgan fingerprint density at radius 1 is 1.80 bits per heavy atom. The molecule has 1 aliphatic rings. The molecule has 0 aliphatic carbocycles. The van der Waals surface area contributed by atoms with Gasteiger partial charge in [-0.2, -0.15) is 0 Å². The van der Waals surface area contributed by atoms with E-state index in [9.17, 15) is 0 Å². The molecule has 0 fully saturated rings. The van der Waals surface area contributed by atoms with Crippen molar-refractivity contribution in [1.29, 1.82) is 0 Å². The fraction of sp³-hybridized carbons (Fsp3) is 0.500. The van der Waals surface area contributed by atoms with E-state index in [1.807, 2.05) is 19.3 Å². The molecule has 1 unspecified atom stereocenters. The van der Waals surface area contributed by atoms with Crippen LogP contribution in [0.3, 0.4) is 0 Å². The molecule has 10 heavy (non-hydrogen) atoms. The van der Waals surface area contributed by atoms with Gasteiger partial charge in [-0.3, -0.25) is 0 Å². The first-order chi connectivity index (χ1) is 4.72. The van der Waals surface area contributed by atoms with Crippen LogP contribution in [-0.4, -0.2) is 16.9 Å². The zero-order valence-corrected chi connectivity index (χ0v) is 7.46. The van der Waals surface area contributed by atoms with Gasteiger partial charge in [-0.05, 0) is 19.3 Å². The van der Waals surface area contributed by atoms with Crippen LogP contribution in [0.5, 0.6) is 0 Å². The molecular weight excluding hydrogens is 168 g/mol. The van der Waals surface area contributed by atoms with Crippen LogP contribution >= 0.6 is 23.4 Å². The van der Waals surface area contributed by atoms with Crippen molar-refractivity contribution in [3.63, 3.8) is 0 Å². The highest BCUT2D eigenvalue weighted by Gasteiger charge is 2.08. The van der Waals surface area contributed by atoms with Crippen LogP contribution in [0, 0.1) is 0 Å². The van der Waals surface area contributed by atoms with Crippen LogP contribution in [0.15, 0.2) is 16.8 Å². The second-order valence-electron chi connectivity index (χ2n) is 2.01. The third kappa shape index (κ3) is 1.92. The smallest absolute Gasteiger partial charge is 0.167 e. The van der Waals surface area contributed by atoms with Gasteiger partial charge < -0.3 is 5.32 Å². The molecule has 0 amide bonds. The highest BCUT2D eigenvalue weighted by molar-refractivity contribution is 7.99. The Balaban J connectivity index is 2.67. The summed E-state index contributed by atoms with van der Waals surface area (Å²) in [6.07, 6.45) is 3.80. The highest BCUT2D eigenvalue weighted by Crippen LogP contribution is 2.12. The number of hydrogen-bond donors (Lipinski definition) is 1. The fourth-order valence-electron chi connectivity index (χ4n) is 0.708. The normalized spacial score (nSPS) is 24.9. The predicted octanol–water partition coefficient (Wildman–Crippen LogP) is 1.78. The van der Waals surface area contributed by atoms with Crippen molar-refractivity contribution in [3.8, 4) is 0 Å². The summed E-state index contributed by atoms with van der Waals surface area (Å²) in [5.74, 6) is 0. The van der Waals surface area contributed by atoms with E-state index in [1.165, 1.54) is 0 Å². The van der Waals surface area contributed by atoms with Crippen molar-refractivity contribution >= 4 is 28.5 Å². The largest absolute Gasteiger partial charge is 0.359 e. The van der Waals surface area contributed by atoms with E-state index in [0.29, 0.717) is 5.17 Å². The molecule has 0 bridgehead atoms. The average molecular weight is 177 g/mol. The Morgan fingerprint density at radius 2 is 2.50 bits per heavy atom. The van der Waals surface area contributed by atoms with Gasteiger partial charge in [-0.25, -0.2) is 4.99 Å². The molecule has 1 heterocycles. The summed E-state index contributed by atoms with van der Waals surface area (Å²) < 4.78 is 0. The van der Waals surface area contributed by atoms with Gasteiger partial charge in [0.2, 0.25) is 0 Å². The zero-order chi connectivity index (χ0) is 7.56. The van der Waals surface area contributed by atoms with Crippen molar-refractivity contribution < 1.29 is 0 Å². The van der Waals surface area contributed by atoms with Crippen LogP contribution in [0.1, 0.15) is 6.92 Å². The van der Waals surface area contributed by atoms with Crippen LogP contribution in [-0.2, 0) is 0 Å². The Labute approximate surface area is 69.7 Å². The van der Waals surface area contributed by atoms with E-state index in [-0.39, 0.29) is 5.50 Å². The van der Waals surface area contributed by atoms with Gasteiger partial charge in [0, 0.05) is 5.70 Å². The summed E-state index contributed by atoms with van der Waals surface area (Å²) in [5.41, 5.74) is 1.16. The Kier molecular flexibility index (Phi) is 2.63. The minimum atomic E-state index is 0.0949. The van der Waals surface area contributed by atoms with E-state index >= 15 is 0 Å². The van der Waals surface area contributed by atoms with Crippen LogP contribution in [0.2, 0.25) is 0 Å². The topological polar surface area (TPSA) is 24.4 Å². The number of nitrogens with one attached hydrogen (secondary N) is 1. The molecule has 4 heteroatoms. The first-order valence-corrected chi connectivity index (χ1v) is 4.60. The first kappa shape index (κ1) is 7.95. The van der Waals surface area contributed by atoms with Crippen molar-refractivity contribution in [2.24, 2.45) is 4.99 Å². The van der Waals surface area contributed by atoms with Gasteiger partial charge in [0.15, 0.2) is 5.50 Å². The second-order valence-corrected chi connectivity index (χ2v) is 3.32. The number of halogens is 1.